The number of aliphatic carboxylic acids is 1. The first-order chi connectivity index (χ1) is 8.01. The van der Waals surface area contributed by atoms with E-state index < -0.39 is 11.5 Å². The zero-order chi connectivity index (χ0) is 12.9. The summed E-state index contributed by atoms with van der Waals surface area (Å²) in [6.07, 6.45) is 0.511. The number of ether oxygens (including phenoxy) is 1. The summed E-state index contributed by atoms with van der Waals surface area (Å²) in [5.74, 6) is -0.850. The minimum absolute atomic E-state index is 0.511. The molecule has 1 aromatic carbocycles. The van der Waals surface area contributed by atoms with Gasteiger partial charge in [-0.15, -0.1) is 0 Å². The monoisotopic (exact) mass is 237 g/mol. The molecule has 0 spiro atoms. The molecule has 1 rings (SSSR count). The molecule has 0 aliphatic heterocycles. The highest BCUT2D eigenvalue weighted by Gasteiger charge is 2.30. The molecule has 1 unspecified atom stereocenters. The number of carbonyl (C=O) groups is 1. The summed E-state index contributed by atoms with van der Waals surface area (Å²) in [5.41, 5.74) is 0.874. The van der Waals surface area contributed by atoms with Gasteiger partial charge in [-0.1, -0.05) is 19.1 Å². The van der Waals surface area contributed by atoms with Crippen molar-refractivity contribution in [3.63, 3.8) is 0 Å². The third-order valence-electron chi connectivity index (χ3n) is 2.84. The molecule has 0 saturated carbocycles. The normalized spacial score (nSPS) is 14.1. The predicted octanol–water partition coefficient (Wildman–Crippen LogP) is 2.50. The Kier molecular flexibility index (Phi) is 4.52. The summed E-state index contributed by atoms with van der Waals surface area (Å²) in [5, 5.41) is 12.2. The molecule has 0 saturated heterocycles. The number of benzene rings is 1. The Balaban J connectivity index is 2.86. The fourth-order valence-electron chi connectivity index (χ4n) is 1.52. The molecule has 94 valence electrons. The zero-order valence-electron chi connectivity index (χ0n) is 10.5. The second kappa shape index (κ2) is 5.68. The van der Waals surface area contributed by atoms with E-state index in [1.807, 2.05) is 31.2 Å². The van der Waals surface area contributed by atoms with Crippen molar-refractivity contribution in [2.24, 2.45) is 0 Å². The molecule has 0 bridgehead atoms. The molecule has 1 aromatic rings. The average Bonchev–Trinajstić information content (AvgIpc) is 2.29. The Morgan fingerprint density at radius 2 is 2.24 bits per heavy atom. The molecule has 4 heteroatoms. The number of carboxylic acid groups (broad SMARTS) is 1. The minimum atomic E-state index is -0.939. The van der Waals surface area contributed by atoms with Gasteiger partial charge >= 0.3 is 5.97 Å². The van der Waals surface area contributed by atoms with Crippen LogP contribution in [0, 0.1) is 0 Å². The molecule has 0 amide bonds. The summed E-state index contributed by atoms with van der Waals surface area (Å²) < 4.78 is 5.04. The van der Waals surface area contributed by atoms with Gasteiger partial charge in [0.25, 0.3) is 0 Å². The van der Waals surface area contributed by atoms with E-state index >= 15 is 0 Å². The first kappa shape index (κ1) is 13.5. The fraction of sp³-hybridized carbons (Fsp3) is 0.462. The van der Waals surface area contributed by atoms with Crippen LogP contribution in [-0.4, -0.2) is 23.7 Å². The van der Waals surface area contributed by atoms with Crippen LogP contribution in [0.2, 0.25) is 0 Å². The van der Waals surface area contributed by atoms with Crippen LogP contribution in [0.25, 0.3) is 0 Å². The molecular formula is C13H19NO3. The number of methoxy groups -OCH3 is 1. The molecule has 0 aliphatic carbocycles. The standard InChI is InChI=1S/C13H19NO3/c1-4-13(2,12(15)16)14-11-7-5-6-10(8-11)9-17-3/h5-8,14H,4,9H2,1-3H3,(H,15,16). The average molecular weight is 237 g/mol. The van der Waals surface area contributed by atoms with E-state index in [2.05, 4.69) is 5.32 Å². The summed E-state index contributed by atoms with van der Waals surface area (Å²) in [6, 6.07) is 7.59. The van der Waals surface area contributed by atoms with Crippen molar-refractivity contribution in [1.29, 1.82) is 0 Å². The summed E-state index contributed by atoms with van der Waals surface area (Å²) in [6.45, 7) is 4.05. The number of rotatable bonds is 6. The zero-order valence-corrected chi connectivity index (χ0v) is 10.5. The van der Waals surface area contributed by atoms with Crippen LogP contribution in [0.3, 0.4) is 0 Å². The highest BCUT2D eigenvalue weighted by Crippen LogP contribution is 2.20. The predicted molar refractivity (Wildman–Crippen MR) is 67.1 cm³/mol. The van der Waals surface area contributed by atoms with E-state index in [-0.39, 0.29) is 0 Å². The molecule has 0 fully saturated rings. The van der Waals surface area contributed by atoms with Crippen LogP contribution in [0.5, 0.6) is 0 Å². The van der Waals surface area contributed by atoms with Crippen molar-refractivity contribution in [2.45, 2.75) is 32.4 Å². The van der Waals surface area contributed by atoms with Gasteiger partial charge in [-0.05, 0) is 31.0 Å². The van der Waals surface area contributed by atoms with E-state index in [9.17, 15) is 9.90 Å². The van der Waals surface area contributed by atoms with Crippen molar-refractivity contribution >= 4 is 11.7 Å². The summed E-state index contributed by atoms with van der Waals surface area (Å²) in [4.78, 5) is 11.2. The lowest BCUT2D eigenvalue weighted by atomic mass is 9.98. The first-order valence-electron chi connectivity index (χ1n) is 5.61. The minimum Gasteiger partial charge on any atom is -0.480 e. The van der Waals surface area contributed by atoms with Gasteiger partial charge < -0.3 is 15.2 Å². The second-order valence-corrected chi connectivity index (χ2v) is 4.25. The highest BCUT2D eigenvalue weighted by molar-refractivity contribution is 5.82. The Labute approximate surface area is 102 Å². The van der Waals surface area contributed by atoms with E-state index in [0.29, 0.717) is 13.0 Å². The third-order valence-corrected chi connectivity index (χ3v) is 2.84. The van der Waals surface area contributed by atoms with Crippen molar-refractivity contribution in [1.82, 2.24) is 0 Å². The number of nitrogens with one attached hydrogen (secondary N) is 1. The van der Waals surface area contributed by atoms with E-state index in [4.69, 9.17) is 4.74 Å². The lowest BCUT2D eigenvalue weighted by Crippen LogP contribution is -2.42. The molecule has 0 aromatic heterocycles. The molecule has 0 radical (unpaired) electrons. The van der Waals surface area contributed by atoms with Crippen LogP contribution >= 0.6 is 0 Å². The topological polar surface area (TPSA) is 58.6 Å². The van der Waals surface area contributed by atoms with Crippen LogP contribution < -0.4 is 5.32 Å². The molecule has 17 heavy (non-hydrogen) atoms. The first-order valence-corrected chi connectivity index (χ1v) is 5.61. The van der Waals surface area contributed by atoms with E-state index in [1.165, 1.54) is 0 Å². The van der Waals surface area contributed by atoms with Gasteiger partial charge in [0.2, 0.25) is 0 Å². The van der Waals surface area contributed by atoms with Gasteiger partial charge in [0.05, 0.1) is 6.61 Å². The lowest BCUT2D eigenvalue weighted by Gasteiger charge is -2.26. The smallest absolute Gasteiger partial charge is 0.329 e. The quantitative estimate of drug-likeness (QED) is 0.798. The fourth-order valence-corrected chi connectivity index (χ4v) is 1.52. The number of hydrogen-bond acceptors (Lipinski definition) is 3. The second-order valence-electron chi connectivity index (χ2n) is 4.25. The maximum atomic E-state index is 11.2. The van der Waals surface area contributed by atoms with Crippen molar-refractivity contribution in [2.75, 3.05) is 12.4 Å². The van der Waals surface area contributed by atoms with Gasteiger partial charge in [0.15, 0.2) is 0 Å². The molecule has 4 nitrogen and oxygen atoms in total. The maximum absolute atomic E-state index is 11.2. The van der Waals surface area contributed by atoms with Gasteiger partial charge in [0.1, 0.15) is 5.54 Å². The van der Waals surface area contributed by atoms with Gasteiger partial charge in [-0.25, -0.2) is 4.79 Å². The van der Waals surface area contributed by atoms with Crippen LogP contribution in [-0.2, 0) is 16.1 Å². The lowest BCUT2D eigenvalue weighted by molar-refractivity contribution is -0.141. The van der Waals surface area contributed by atoms with Crippen molar-refractivity contribution in [3.05, 3.63) is 29.8 Å². The van der Waals surface area contributed by atoms with E-state index in [1.54, 1.807) is 14.0 Å². The van der Waals surface area contributed by atoms with Crippen LogP contribution in [0.4, 0.5) is 5.69 Å². The molecular weight excluding hydrogens is 218 g/mol. The third kappa shape index (κ3) is 3.46. The number of carboxylic acids is 1. The van der Waals surface area contributed by atoms with Crippen molar-refractivity contribution in [3.8, 4) is 0 Å². The summed E-state index contributed by atoms with van der Waals surface area (Å²) in [7, 11) is 1.63. The molecule has 2 N–H and O–H groups in total. The Morgan fingerprint density at radius 1 is 1.53 bits per heavy atom. The molecule has 0 heterocycles. The SMILES string of the molecule is CCC(C)(Nc1cccc(COC)c1)C(=O)O. The number of hydrogen-bond donors (Lipinski definition) is 2. The number of anilines is 1. The maximum Gasteiger partial charge on any atom is 0.329 e. The highest BCUT2D eigenvalue weighted by atomic mass is 16.5. The van der Waals surface area contributed by atoms with Gasteiger partial charge in [-0.2, -0.15) is 0 Å². The molecule has 0 aliphatic rings. The van der Waals surface area contributed by atoms with Crippen LogP contribution in [0.15, 0.2) is 24.3 Å². The Bertz CT molecular complexity index is 392. The Hall–Kier alpha value is -1.55. The van der Waals surface area contributed by atoms with E-state index in [0.717, 1.165) is 11.3 Å². The Morgan fingerprint density at radius 3 is 2.76 bits per heavy atom. The van der Waals surface area contributed by atoms with Crippen LogP contribution in [0.1, 0.15) is 25.8 Å². The largest absolute Gasteiger partial charge is 0.480 e. The van der Waals surface area contributed by atoms with Gasteiger partial charge in [-0.3, -0.25) is 0 Å². The van der Waals surface area contributed by atoms with Gasteiger partial charge in [0, 0.05) is 12.8 Å². The molecule has 1 atom stereocenters. The summed E-state index contributed by atoms with van der Waals surface area (Å²) >= 11 is 0. The van der Waals surface area contributed by atoms with Crippen molar-refractivity contribution < 1.29 is 14.6 Å².